The van der Waals surface area contributed by atoms with Crippen LogP contribution in [0.5, 0.6) is 17.2 Å². The molecule has 4 nitrogen and oxygen atoms in total. The van der Waals surface area contributed by atoms with Crippen LogP contribution in [0.3, 0.4) is 0 Å². The minimum absolute atomic E-state index is 0.0704. The Balaban J connectivity index is 2.32. The Kier molecular flexibility index (Phi) is 5.88. The highest BCUT2D eigenvalue weighted by Gasteiger charge is 2.13. The number of rotatable bonds is 7. The molecular formula is C19H25NO3. The molecule has 0 aromatic heterocycles. The average molecular weight is 315 g/mol. The van der Waals surface area contributed by atoms with Gasteiger partial charge in [-0.1, -0.05) is 12.1 Å². The van der Waals surface area contributed by atoms with Crippen LogP contribution in [0, 0.1) is 0 Å². The van der Waals surface area contributed by atoms with Gasteiger partial charge in [0.2, 0.25) is 0 Å². The van der Waals surface area contributed by atoms with Gasteiger partial charge >= 0.3 is 0 Å². The third-order valence-electron chi connectivity index (χ3n) is 3.78. The van der Waals surface area contributed by atoms with Crippen molar-refractivity contribution in [2.45, 2.75) is 25.8 Å². The molecular weight excluding hydrogens is 290 g/mol. The van der Waals surface area contributed by atoms with E-state index in [9.17, 15) is 0 Å². The Morgan fingerprint density at radius 3 is 1.96 bits per heavy atom. The highest BCUT2D eigenvalue weighted by molar-refractivity contribution is 5.49. The largest absolute Gasteiger partial charge is 0.497 e. The number of benzene rings is 2. The summed E-state index contributed by atoms with van der Waals surface area (Å²) < 4.78 is 16.3. The quantitative estimate of drug-likeness (QED) is 0.852. The molecule has 2 aromatic carbocycles. The molecule has 0 aliphatic heterocycles. The van der Waals surface area contributed by atoms with Crippen LogP contribution in [0.4, 0.5) is 0 Å². The van der Waals surface area contributed by atoms with E-state index < -0.39 is 0 Å². The van der Waals surface area contributed by atoms with Gasteiger partial charge in [0.25, 0.3) is 0 Å². The zero-order valence-corrected chi connectivity index (χ0v) is 14.3. The number of methoxy groups -OCH3 is 3. The summed E-state index contributed by atoms with van der Waals surface area (Å²) in [5, 5.41) is 0. The molecule has 0 spiro atoms. The van der Waals surface area contributed by atoms with Crippen molar-refractivity contribution in [1.82, 2.24) is 0 Å². The molecule has 0 heterocycles. The monoisotopic (exact) mass is 315 g/mol. The van der Waals surface area contributed by atoms with E-state index in [4.69, 9.17) is 19.9 Å². The van der Waals surface area contributed by atoms with Gasteiger partial charge in [0.15, 0.2) is 0 Å². The van der Waals surface area contributed by atoms with Crippen LogP contribution in [0.2, 0.25) is 0 Å². The van der Waals surface area contributed by atoms with Gasteiger partial charge in [0, 0.05) is 18.0 Å². The second-order valence-corrected chi connectivity index (χ2v) is 5.68. The summed E-state index contributed by atoms with van der Waals surface area (Å²) in [4.78, 5) is 0. The molecule has 2 N–H and O–H groups in total. The van der Waals surface area contributed by atoms with Gasteiger partial charge in [0.1, 0.15) is 17.2 Å². The van der Waals surface area contributed by atoms with Crippen molar-refractivity contribution in [3.8, 4) is 17.2 Å². The average Bonchev–Trinajstić information content (AvgIpc) is 2.56. The first-order valence-corrected chi connectivity index (χ1v) is 7.69. The Bertz CT molecular complexity index is 636. The summed E-state index contributed by atoms with van der Waals surface area (Å²) in [5.74, 6) is 2.56. The fourth-order valence-corrected chi connectivity index (χ4v) is 2.63. The van der Waals surface area contributed by atoms with E-state index in [0.29, 0.717) is 0 Å². The lowest BCUT2D eigenvalue weighted by Crippen LogP contribution is -2.18. The van der Waals surface area contributed by atoms with Crippen LogP contribution < -0.4 is 19.9 Å². The summed E-state index contributed by atoms with van der Waals surface area (Å²) in [7, 11) is 5.04. The molecule has 2 rings (SSSR count). The second kappa shape index (κ2) is 7.88. The predicted molar refractivity (Wildman–Crippen MR) is 92.7 cm³/mol. The summed E-state index contributed by atoms with van der Waals surface area (Å²) in [6, 6.07) is 12.2. The van der Waals surface area contributed by atoms with Crippen LogP contribution in [-0.2, 0) is 12.8 Å². The maximum atomic E-state index is 5.92. The van der Waals surface area contributed by atoms with E-state index in [1.54, 1.807) is 21.3 Å². The molecule has 2 aromatic rings. The van der Waals surface area contributed by atoms with Crippen LogP contribution in [0.25, 0.3) is 0 Å². The summed E-state index contributed by atoms with van der Waals surface area (Å²) in [6.07, 6.45) is 1.52. The predicted octanol–water partition coefficient (Wildman–Crippen LogP) is 3.19. The van der Waals surface area contributed by atoms with E-state index >= 15 is 0 Å². The fourth-order valence-electron chi connectivity index (χ4n) is 2.63. The van der Waals surface area contributed by atoms with E-state index in [0.717, 1.165) is 41.2 Å². The number of nitrogens with two attached hydrogens (primary N) is 1. The molecule has 0 saturated carbocycles. The van der Waals surface area contributed by atoms with Gasteiger partial charge in [-0.05, 0) is 48.7 Å². The lowest BCUT2D eigenvalue weighted by Gasteiger charge is -2.16. The minimum atomic E-state index is 0.0704. The van der Waals surface area contributed by atoms with E-state index in [-0.39, 0.29) is 6.04 Å². The first kappa shape index (κ1) is 17.2. The molecule has 0 amide bonds. The van der Waals surface area contributed by atoms with Crippen molar-refractivity contribution < 1.29 is 14.2 Å². The first-order chi connectivity index (χ1) is 11.1. The molecule has 0 fully saturated rings. The van der Waals surface area contributed by atoms with E-state index in [1.807, 2.05) is 31.2 Å². The second-order valence-electron chi connectivity index (χ2n) is 5.68. The highest BCUT2D eigenvalue weighted by Crippen LogP contribution is 2.31. The van der Waals surface area contributed by atoms with Gasteiger partial charge in [-0.3, -0.25) is 0 Å². The van der Waals surface area contributed by atoms with Gasteiger partial charge in [-0.2, -0.15) is 0 Å². The number of hydrogen-bond acceptors (Lipinski definition) is 4. The lowest BCUT2D eigenvalue weighted by atomic mass is 9.98. The SMILES string of the molecule is COc1ccc(Cc2cc(OC)c(C[C@@H](C)N)cc2OC)cc1. The maximum absolute atomic E-state index is 5.92. The van der Waals surface area contributed by atoms with Crippen molar-refractivity contribution in [3.63, 3.8) is 0 Å². The molecule has 4 heteroatoms. The number of hydrogen-bond donors (Lipinski definition) is 1. The third kappa shape index (κ3) is 4.39. The van der Waals surface area contributed by atoms with E-state index in [1.165, 1.54) is 5.56 Å². The standard InChI is InChI=1S/C19H25NO3/c1-13(20)9-15-11-19(23-4)16(12-18(15)22-3)10-14-5-7-17(21-2)8-6-14/h5-8,11-13H,9-10,20H2,1-4H3/t13-/m1/s1. The maximum Gasteiger partial charge on any atom is 0.122 e. The molecule has 0 bridgehead atoms. The summed E-state index contributed by atoms with van der Waals surface area (Å²) in [6.45, 7) is 1.98. The van der Waals surface area contributed by atoms with Gasteiger partial charge < -0.3 is 19.9 Å². The highest BCUT2D eigenvalue weighted by atomic mass is 16.5. The van der Waals surface area contributed by atoms with E-state index in [2.05, 4.69) is 12.1 Å². The van der Waals surface area contributed by atoms with Crippen LogP contribution in [0.1, 0.15) is 23.6 Å². The molecule has 0 radical (unpaired) electrons. The van der Waals surface area contributed by atoms with Crippen LogP contribution in [0.15, 0.2) is 36.4 Å². The summed E-state index contributed by atoms with van der Waals surface area (Å²) >= 11 is 0. The Labute approximate surface area is 138 Å². The van der Waals surface area contributed by atoms with Crippen molar-refractivity contribution in [1.29, 1.82) is 0 Å². The molecule has 0 unspecified atom stereocenters. The Morgan fingerprint density at radius 1 is 0.870 bits per heavy atom. The van der Waals surface area contributed by atoms with Crippen molar-refractivity contribution in [2.24, 2.45) is 5.73 Å². The van der Waals surface area contributed by atoms with Crippen LogP contribution >= 0.6 is 0 Å². The summed E-state index contributed by atoms with van der Waals surface area (Å²) in [5.41, 5.74) is 9.26. The van der Waals surface area contributed by atoms with Crippen molar-refractivity contribution in [3.05, 3.63) is 53.1 Å². The van der Waals surface area contributed by atoms with Crippen LogP contribution in [-0.4, -0.2) is 27.4 Å². The first-order valence-electron chi connectivity index (χ1n) is 7.69. The lowest BCUT2D eigenvalue weighted by molar-refractivity contribution is 0.394. The minimum Gasteiger partial charge on any atom is -0.497 e. The normalized spacial score (nSPS) is 11.9. The zero-order chi connectivity index (χ0) is 16.8. The van der Waals surface area contributed by atoms with Gasteiger partial charge in [0.05, 0.1) is 21.3 Å². The van der Waals surface area contributed by atoms with Crippen molar-refractivity contribution in [2.75, 3.05) is 21.3 Å². The Morgan fingerprint density at radius 2 is 1.43 bits per heavy atom. The smallest absolute Gasteiger partial charge is 0.122 e. The molecule has 124 valence electrons. The Hall–Kier alpha value is -2.20. The topological polar surface area (TPSA) is 53.7 Å². The molecule has 1 atom stereocenters. The number of ether oxygens (including phenoxy) is 3. The zero-order valence-electron chi connectivity index (χ0n) is 14.3. The fraction of sp³-hybridized carbons (Fsp3) is 0.368. The van der Waals surface area contributed by atoms with Gasteiger partial charge in [-0.15, -0.1) is 0 Å². The molecule has 0 aliphatic carbocycles. The molecule has 23 heavy (non-hydrogen) atoms. The van der Waals surface area contributed by atoms with Gasteiger partial charge in [-0.25, -0.2) is 0 Å². The van der Waals surface area contributed by atoms with Crippen molar-refractivity contribution >= 4 is 0 Å². The molecule has 0 saturated heterocycles. The third-order valence-corrected chi connectivity index (χ3v) is 3.78. The molecule has 0 aliphatic rings.